The third kappa shape index (κ3) is 2.21. The zero-order valence-corrected chi connectivity index (χ0v) is 9.30. The summed E-state index contributed by atoms with van der Waals surface area (Å²) in [5, 5.41) is 9.77. The third-order valence-corrected chi connectivity index (χ3v) is 3.31. The summed E-state index contributed by atoms with van der Waals surface area (Å²) >= 11 is 1.18. The Morgan fingerprint density at radius 1 is 1.79 bits per heavy atom. The molecule has 1 heterocycles. The van der Waals surface area contributed by atoms with E-state index >= 15 is 0 Å². The molecule has 0 bridgehead atoms. The van der Waals surface area contributed by atoms with E-state index in [1.807, 2.05) is 13.8 Å². The molecule has 1 atom stereocenters. The van der Waals surface area contributed by atoms with E-state index in [1.165, 1.54) is 16.7 Å². The predicted octanol–water partition coefficient (Wildman–Crippen LogP) is 1.98. The monoisotopic (exact) mass is 213 g/mol. The minimum absolute atomic E-state index is 0.0556. The van der Waals surface area contributed by atoms with Crippen LogP contribution in [0, 0.1) is 0 Å². The minimum Gasteiger partial charge on any atom is -0.372 e. The summed E-state index contributed by atoms with van der Waals surface area (Å²) < 4.78 is -0.408. The predicted molar refractivity (Wildman–Crippen MR) is 58.1 cm³/mol. The lowest BCUT2D eigenvalue weighted by Gasteiger charge is -2.25. The molecule has 1 saturated heterocycles. The van der Waals surface area contributed by atoms with Crippen LogP contribution >= 0.6 is 11.8 Å². The molecular formula is C10H15NO2S. The van der Waals surface area contributed by atoms with Crippen molar-refractivity contribution in [2.24, 2.45) is 0 Å². The topological polar surface area (TPSA) is 40.5 Å². The fourth-order valence-corrected chi connectivity index (χ4v) is 2.32. The number of carbonyl (C=O) groups excluding carboxylic acids is 1. The average Bonchev–Trinajstić information content (AvgIpc) is 2.27. The van der Waals surface area contributed by atoms with Crippen LogP contribution in [-0.2, 0) is 0 Å². The summed E-state index contributed by atoms with van der Waals surface area (Å²) in [6, 6.07) is 0. The highest BCUT2D eigenvalue weighted by Crippen LogP contribution is 2.39. The second-order valence-electron chi connectivity index (χ2n) is 3.74. The highest BCUT2D eigenvalue weighted by atomic mass is 32.2. The van der Waals surface area contributed by atoms with Crippen molar-refractivity contribution in [3.05, 3.63) is 18.4 Å². The number of hydrogen-bond donors (Lipinski definition) is 1. The number of aliphatic hydroxyl groups is 1. The van der Waals surface area contributed by atoms with Gasteiger partial charge in [-0.2, -0.15) is 0 Å². The summed E-state index contributed by atoms with van der Waals surface area (Å²) in [5.41, 5.74) is 2.64. The number of thioether (sulfide) groups is 1. The van der Waals surface area contributed by atoms with Crippen LogP contribution in [0.4, 0.5) is 4.79 Å². The normalized spacial score (nSPS) is 24.9. The molecule has 1 aliphatic heterocycles. The van der Waals surface area contributed by atoms with Crippen molar-refractivity contribution in [1.29, 1.82) is 0 Å². The zero-order chi connectivity index (χ0) is 10.8. The SMILES string of the molecule is C=C=CCCN1C(=O)SC(C)(C)C1O. The molecule has 0 aromatic heterocycles. The van der Waals surface area contributed by atoms with Crippen LogP contribution in [0.5, 0.6) is 0 Å². The van der Waals surface area contributed by atoms with Crippen molar-refractivity contribution < 1.29 is 9.90 Å². The van der Waals surface area contributed by atoms with Gasteiger partial charge >= 0.3 is 0 Å². The average molecular weight is 213 g/mol. The largest absolute Gasteiger partial charge is 0.372 e. The molecule has 0 radical (unpaired) electrons. The van der Waals surface area contributed by atoms with Gasteiger partial charge in [0.2, 0.25) is 0 Å². The number of carbonyl (C=O) groups is 1. The Labute approximate surface area is 88.5 Å². The van der Waals surface area contributed by atoms with E-state index < -0.39 is 11.0 Å². The van der Waals surface area contributed by atoms with E-state index in [1.54, 1.807) is 6.08 Å². The Bertz CT molecular complexity index is 282. The van der Waals surface area contributed by atoms with E-state index in [0.717, 1.165) is 0 Å². The minimum atomic E-state index is -0.696. The summed E-state index contributed by atoms with van der Waals surface area (Å²) in [6.45, 7) is 7.70. The molecule has 78 valence electrons. The lowest BCUT2D eigenvalue weighted by molar-refractivity contribution is 0.0270. The second kappa shape index (κ2) is 4.22. The van der Waals surface area contributed by atoms with Crippen molar-refractivity contribution in [2.75, 3.05) is 6.54 Å². The molecule has 0 spiro atoms. The fraction of sp³-hybridized carbons (Fsp3) is 0.600. The van der Waals surface area contributed by atoms with Crippen LogP contribution in [-0.4, -0.2) is 32.8 Å². The lowest BCUT2D eigenvalue weighted by atomic mass is 10.1. The molecule has 1 N–H and O–H groups in total. The first-order valence-electron chi connectivity index (χ1n) is 4.51. The first-order valence-corrected chi connectivity index (χ1v) is 5.32. The van der Waals surface area contributed by atoms with Gasteiger partial charge < -0.3 is 10.0 Å². The van der Waals surface area contributed by atoms with Crippen LogP contribution in [0.2, 0.25) is 0 Å². The number of rotatable bonds is 3. The number of aliphatic hydroxyl groups excluding tert-OH is 1. The van der Waals surface area contributed by atoms with Gasteiger partial charge in [-0.05, 0) is 26.3 Å². The van der Waals surface area contributed by atoms with Crippen molar-refractivity contribution in [2.45, 2.75) is 31.2 Å². The Balaban J connectivity index is 2.61. The summed E-state index contributed by atoms with van der Waals surface area (Å²) in [4.78, 5) is 13.0. The Morgan fingerprint density at radius 2 is 2.43 bits per heavy atom. The molecule has 4 heteroatoms. The van der Waals surface area contributed by atoms with E-state index in [9.17, 15) is 9.90 Å². The quantitative estimate of drug-likeness (QED) is 0.729. The van der Waals surface area contributed by atoms with Crippen LogP contribution in [0.3, 0.4) is 0 Å². The van der Waals surface area contributed by atoms with Crippen molar-refractivity contribution in [3.63, 3.8) is 0 Å². The first kappa shape index (κ1) is 11.4. The second-order valence-corrected chi connectivity index (χ2v) is 5.34. The van der Waals surface area contributed by atoms with Gasteiger partial charge in [-0.15, -0.1) is 5.73 Å². The van der Waals surface area contributed by atoms with Gasteiger partial charge in [0, 0.05) is 6.54 Å². The molecule has 0 aromatic rings. The van der Waals surface area contributed by atoms with Gasteiger partial charge in [-0.3, -0.25) is 4.79 Å². The van der Waals surface area contributed by atoms with E-state index in [2.05, 4.69) is 12.3 Å². The van der Waals surface area contributed by atoms with Crippen molar-refractivity contribution >= 4 is 17.0 Å². The Morgan fingerprint density at radius 3 is 2.86 bits per heavy atom. The van der Waals surface area contributed by atoms with Crippen LogP contribution in [0.25, 0.3) is 0 Å². The molecule has 3 nitrogen and oxygen atoms in total. The molecule has 0 aliphatic carbocycles. The van der Waals surface area contributed by atoms with Gasteiger partial charge in [0.15, 0.2) is 0 Å². The number of hydrogen-bond acceptors (Lipinski definition) is 3. The molecule has 1 aliphatic rings. The lowest BCUT2D eigenvalue weighted by Crippen LogP contribution is -2.41. The Kier molecular flexibility index (Phi) is 3.43. The van der Waals surface area contributed by atoms with E-state index in [4.69, 9.17) is 0 Å². The summed E-state index contributed by atoms with van der Waals surface area (Å²) in [6.07, 6.45) is 1.75. The van der Waals surface area contributed by atoms with Crippen LogP contribution < -0.4 is 0 Å². The van der Waals surface area contributed by atoms with Crippen molar-refractivity contribution in [1.82, 2.24) is 4.90 Å². The molecule has 14 heavy (non-hydrogen) atoms. The van der Waals surface area contributed by atoms with Gasteiger partial charge in [0.1, 0.15) is 6.23 Å². The highest BCUT2D eigenvalue weighted by Gasteiger charge is 2.45. The molecule has 1 amide bonds. The number of amides is 1. The molecule has 1 fully saturated rings. The molecular weight excluding hydrogens is 198 g/mol. The fourth-order valence-electron chi connectivity index (χ4n) is 1.33. The maximum Gasteiger partial charge on any atom is 0.284 e. The van der Waals surface area contributed by atoms with Gasteiger partial charge in [-0.25, -0.2) is 0 Å². The maximum absolute atomic E-state index is 11.5. The van der Waals surface area contributed by atoms with E-state index in [0.29, 0.717) is 13.0 Å². The molecule has 1 rings (SSSR count). The van der Waals surface area contributed by atoms with Crippen LogP contribution in [0.1, 0.15) is 20.3 Å². The van der Waals surface area contributed by atoms with Crippen LogP contribution in [0.15, 0.2) is 18.4 Å². The van der Waals surface area contributed by atoms with E-state index in [-0.39, 0.29) is 5.24 Å². The molecule has 0 saturated carbocycles. The zero-order valence-electron chi connectivity index (χ0n) is 8.49. The van der Waals surface area contributed by atoms with Crippen molar-refractivity contribution in [3.8, 4) is 0 Å². The van der Waals surface area contributed by atoms with Gasteiger partial charge in [-0.1, -0.05) is 18.3 Å². The first-order chi connectivity index (χ1) is 6.49. The van der Waals surface area contributed by atoms with Gasteiger partial charge in [0.05, 0.1) is 4.75 Å². The maximum atomic E-state index is 11.5. The number of nitrogens with zero attached hydrogens (tertiary/aromatic N) is 1. The highest BCUT2D eigenvalue weighted by molar-refractivity contribution is 8.15. The van der Waals surface area contributed by atoms with Gasteiger partial charge in [0.25, 0.3) is 5.24 Å². The summed E-state index contributed by atoms with van der Waals surface area (Å²) in [5.74, 6) is 0. The summed E-state index contributed by atoms with van der Waals surface area (Å²) in [7, 11) is 0. The molecule has 0 aromatic carbocycles. The smallest absolute Gasteiger partial charge is 0.284 e. The standard InChI is InChI=1S/C10H15NO2S/c1-4-5-6-7-11-8(12)10(2,3)14-9(11)13/h5,8,12H,1,6-7H2,2-3H3. The third-order valence-electron chi connectivity index (χ3n) is 2.16. The Hall–Kier alpha value is -0.700. The molecule has 1 unspecified atom stereocenters.